The summed E-state index contributed by atoms with van der Waals surface area (Å²) in [7, 11) is 0. The largest absolute Gasteiger partial charge is 0.485 e. The number of nitro groups is 1. The van der Waals surface area contributed by atoms with Crippen LogP contribution < -0.4 is 10.1 Å². The number of nitrogens with zero attached hydrogens (tertiary/aromatic N) is 3. The molecule has 166 valence electrons. The van der Waals surface area contributed by atoms with E-state index in [0.29, 0.717) is 25.1 Å². The molecular weight excluding hydrogens is 503 g/mol. The third kappa shape index (κ3) is 6.53. The number of benzene rings is 2. The summed E-state index contributed by atoms with van der Waals surface area (Å²) in [6.45, 7) is 0.122. The predicted molar refractivity (Wildman–Crippen MR) is 120 cm³/mol. The van der Waals surface area contributed by atoms with Gasteiger partial charge in [-0.2, -0.15) is 0 Å². The van der Waals surface area contributed by atoms with Gasteiger partial charge in [-0.15, -0.1) is 10.2 Å². The molecule has 0 bridgehead atoms. The fourth-order valence-corrected chi connectivity index (χ4v) is 4.40. The van der Waals surface area contributed by atoms with E-state index >= 15 is 0 Å². The molecule has 0 aliphatic heterocycles. The molecule has 0 saturated carbocycles. The Balaban J connectivity index is 1.55. The van der Waals surface area contributed by atoms with Gasteiger partial charge in [0.2, 0.25) is 5.91 Å². The highest BCUT2D eigenvalue weighted by molar-refractivity contribution is 8.01. The van der Waals surface area contributed by atoms with Crippen molar-refractivity contribution in [2.75, 3.05) is 11.1 Å². The van der Waals surface area contributed by atoms with Crippen molar-refractivity contribution in [2.45, 2.75) is 10.9 Å². The number of hydrogen-bond donors (Lipinski definition) is 2. The number of nitrogens with one attached hydrogen (secondary N) is 1. The van der Waals surface area contributed by atoms with Crippen LogP contribution in [0.1, 0.15) is 15.4 Å². The molecule has 0 spiro atoms. The summed E-state index contributed by atoms with van der Waals surface area (Å²) in [5.41, 5.74) is -0.743. The molecule has 10 nitrogen and oxygen atoms in total. The molecule has 3 rings (SSSR count). The molecule has 0 fully saturated rings. The zero-order valence-corrected chi connectivity index (χ0v) is 18.9. The van der Waals surface area contributed by atoms with Crippen molar-refractivity contribution in [3.63, 3.8) is 0 Å². The molecule has 0 aliphatic carbocycles. The Hall–Kier alpha value is -2.93. The minimum Gasteiger partial charge on any atom is -0.485 e. The van der Waals surface area contributed by atoms with Crippen molar-refractivity contribution in [1.29, 1.82) is 0 Å². The van der Waals surface area contributed by atoms with Gasteiger partial charge in [0.1, 0.15) is 12.4 Å². The van der Waals surface area contributed by atoms with Gasteiger partial charge in [0.25, 0.3) is 5.69 Å². The number of nitro benzene ring substituents is 1. The predicted octanol–water partition coefficient (Wildman–Crippen LogP) is 4.76. The maximum absolute atomic E-state index is 12.2. The third-order valence-corrected chi connectivity index (χ3v) is 6.24. The van der Waals surface area contributed by atoms with E-state index in [0.717, 1.165) is 30.0 Å². The number of carboxylic acid groups (broad SMARTS) is 1. The molecular formula is C18H12Cl2N4O6S2. The van der Waals surface area contributed by atoms with E-state index in [1.807, 2.05) is 0 Å². The smallest absolute Gasteiger partial charge is 0.336 e. The average Bonchev–Trinajstić information content (AvgIpc) is 3.19. The summed E-state index contributed by atoms with van der Waals surface area (Å²) in [5, 5.41) is 31.8. The van der Waals surface area contributed by atoms with E-state index < -0.39 is 22.5 Å². The number of hydrogen-bond acceptors (Lipinski definition) is 9. The van der Waals surface area contributed by atoms with Gasteiger partial charge in [-0.05, 0) is 24.3 Å². The monoisotopic (exact) mass is 514 g/mol. The van der Waals surface area contributed by atoms with E-state index in [1.54, 1.807) is 18.2 Å². The van der Waals surface area contributed by atoms with Crippen LogP contribution in [-0.4, -0.2) is 37.9 Å². The van der Waals surface area contributed by atoms with Crippen molar-refractivity contribution in [2.24, 2.45) is 0 Å². The van der Waals surface area contributed by atoms with Gasteiger partial charge in [0.05, 0.1) is 21.3 Å². The molecule has 0 radical (unpaired) electrons. The van der Waals surface area contributed by atoms with E-state index in [1.165, 1.54) is 11.3 Å². The Morgan fingerprint density at radius 2 is 2.00 bits per heavy atom. The fourth-order valence-electron chi connectivity index (χ4n) is 2.32. The van der Waals surface area contributed by atoms with Crippen molar-refractivity contribution in [3.05, 3.63) is 67.1 Å². The van der Waals surface area contributed by atoms with Crippen LogP contribution in [0.15, 0.2) is 40.7 Å². The topological polar surface area (TPSA) is 145 Å². The molecule has 0 atom stereocenters. The number of ether oxygens (including phenoxy) is 1. The quantitative estimate of drug-likeness (QED) is 0.234. The molecule has 2 N–H and O–H groups in total. The van der Waals surface area contributed by atoms with Gasteiger partial charge in [-0.25, -0.2) is 4.79 Å². The van der Waals surface area contributed by atoms with Gasteiger partial charge < -0.3 is 15.2 Å². The minimum atomic E-state index is -1.35. The number of amides is 1. The lowest BCUT2D eigenvalue weighted by Gasteiger charge is -2.06. The first-order valence-corrected chi connectivity index (χ1v) is 11.1. The summed E-state index contributed by atoms with van der Waals surface area (Å²) in [5.74, 6) is -1.46. The maximum atomic E-state index is 12.2. The second-order valence-corrected chi connectivity index (χ2v) is 9.12. The van der Waals surface area contributed by atoms with Gasteiger partial charge >= 0.3 is 5.97 Å². The first-order chi connectivity index (χ1) is 15.2. The number of thioether (sulfide) groups is 1. The SMILES string of the molecule is O=C(CSc1nnc(COc2ccc(Cl)cc2Cl)s1)Nc1cc(C(=O)O)cc([N+](=O)[O-])c1. The van der Waals surface area contributed by atoms with E-state index in [9.17, 15) is 19.7 Å². The Bertz CT molecular complexity index is 1160. The number of rotatable bonds is 9. The normalized spacial score (nSPS) is 10.6. The number of aromatic nitrogens is 2. The number of carbonyl (C=O) groups is 2. The molecule has 1 heterocycles. The minimum absolute atomic E-state index is 0.00777. The van der Waals surface area contributed by atoms with Crippen LogP contribution in [0.2, 0.25) is 10.0 Å². The number of carbonyl (C=O) groups excluding carboxylic acids is 1. The number of carboxylic acids is 1. The molecule has 3 aromatic rings. The van der Waals surface area contributed by atoms with Gasteiger partial charge in [0, 0.05) is 22.8 Å². The fraction of sp³-hybridized carbons (Fsp3) is 0.111. The molecule has 0 aliphatic rings. The maximum Gasteiger partial charge on any atom is 0.336 e. The van der Waals surface area contributed by atoms with Gasteiger partial charge in [-0.3, -0.25) is 14.9 Å². The lowest BCUT2D eigenvalue weighted by atomic mass is 10.1. The van der Waals surface area contributed by atoms with E-state index in [-0.39, 0.29) is 23.6 Å². The molecule has 1 aromatic heterocycles. The second-order valence-electron chi connectivity index (χ2n) is 5.99. The zero-order valence-electron chi connectivity index (χ0n) is 15.8. The molecule has 32 heavy (non-hydrogen) atoms. The summed E-state index contributed by atoms with van der Waals surface area (Å²) < 4.78 is 6.09. The number of anilines is 1. The van der Waals surface area contributed by atoms with E-state index in [2.05, 4.69) is 15.5 Å². The van der Waals surface area contributed by atoms with Crippen LogP contribution in [-0.2, 0) is 11.4 Å². The van der Waals surface area contributed by atoms with Crippen molar-refractivity contribution < 1.29 is 24.4 Å². The van der Waals surface area contributed by atoms with Crippen LogP contribution in [0.3, 0.4) is 0 Å². The highest BCUT2D eigenvalue weighted by Gasteiger charge is 2.16. The Labute approximate surface area is 198 Å². The lowest BCUT2D eigenvalue weighted by Crippen LogP contribution is -2.14. The van der Waals surface area contributed by atoms with Crippen LogP contribution in [0.5, 0.6) is 5.75 Å². The standard InChI is InChI=1S/C18H12Cl2N4O6S2/c19-10-1-2-14(13(20)5-10)30-7-16-22-23-18(32-16)31-8-15(25)21-11-3-9(17(26)27)4-12(6-11)24(28)29/h1-6H,7-8H2,(H,21,25)(H,26,27). The van der Waals surface area contributed by atoms with Crippen LogP contribution in [0.25, 0.3) is 0 Å². The number of non-ortho nitro benzene ring substituents is 1. The summed E-state index contributed by atoms with van der Waals surface area (Å²) >= 11 is 14.2. The average molecular weight is 515 g/mol. The van der Waals surface area contributed by atoms with Crippen LogP contribution >= 0.6 is 46.3 Å². The third-order valence-electron chi connectivity index (χ3n) is 3.68. The van der Waals surface area contributed by atoms with Crippen LogP contribution in [0.4, 0.5) is 11.4 Å². The Morgan fingerprint density at radius 3 is 2.69 bits per heavy atom. The lowest BCUT2D eigenvalue weighted by molar-refractivity contribution is -0.384. The van der Waals surface area contributed by atoms with Crippen molar-refractivity contribution in [3.8, 4) is 5.75 Å². The molecule has 2 aromatic carbocycles. The van der Waals surface area contributed by atoms with Gasteiger partial charge in [-0.1, -0.05) is 46.3 Å². The van der Waals surface area contributed by atoms with E-state index in [4.69, 9.17) is 33.0 Å². The molecule has 0 unspecified atom stereocenters. The number of halogens is 2. The van der Waals surface area contributed by atoms with Crippen LogP contribution in [0, 0.1) is 10.1 Å². The first-order valence-electron chi connectivity index (χ1n) is 8.57. The summed E-state index contributed by atoms with van der Waals surface area (Å²) in [6.07, 6.45) is 0. The molecule has 14 heteroatoms. The van der Waals surface area contributed by atoms with Gasteiger partial charge in [0.15, 0.2) is 9.35 Å². The second kappa shape index (κ2) is 10.6. The Kier molecular flexibility index (Phi) is 7.85. The Morgan fingerprint density at radius 1 is 1.22 bits per heavy atom. The summed E-state index contributed by atoms with van der Waals surface area (Å²) in [4.78, 5) is 33.5. The number of aromatic carboxylic acids is 1. The van der Waals surface area contributed by atoms with Crippen molar-refractivity contribution >= 4 is 69.6 Å². The zero-order chi connectivity index (χ0) is 23.3. The van der Waals surface area contributed by atoms with Crippen molar-refractivity contribution in [1.82, 2.24) is 10.2 Å². The first kappa shape index (κ1) is 23.7. The molecule has 0 saturated heterocycles. The highest BCUT2D eigenvalue weighted by Crippen LogP contribution is 2.29. The summed E-state index contributed by atoms with van der Waals surface area (Å²) in [6, 6.07) is 7.96. The highest BCUT2D eigenvalue weighted by atomic mass is 35.5. The molecule has 1 amide bonds.